The number of hydrogen-bond donors (Lipinski definition) is 2. The second-order valence-corrected chi connectivity index (χ2v) is 4.82. The Balaban J connectivity index is 2.17. The summed E-state index contributed by atoms with van der Waals surface area (Å²) < 4.78 is 0. The summed E-state index contributed by atoms with van der Waals surface area (Å²) in [6.07, 6.45) is 0.840. The molecule has 0 bridgehead atoms. The van der Waals surface area contributed by atoms with Crippen molar-refractivity contribution in [3.63, 3.8) is 0 Å². The molecule has 1 fully saturated rings. The van der Waals surface area contributed by atoms with Crippen LogP contribution in [0.15, 0.2) is 18.2 Å². The van der Waals surface area contributed by atoms with Crippen molar-refractivity contribution < 1.29 is 4.79 Å². The zero-order chi connectivity index (χ0) is 13.1. The van der Waals surface area contributed by atoms with E-state index >= 15 is 0 Å². The average Bonchev–Trinajstić information content (AvgIpc) is 2.35. The summed E-state index contributed by atoms with van der Waals surface area (Å²) in [4.78, 5) is 14.0. The Bertz CT molecular complexity index is 445. The van der Waals surface area contributed by atoms with Crippen molar-refractivity contribution in [3.8, 4) is 0 Å². The molecule has 1 atom stereocenters. The van der Waals surface area contributed by atoms with Gasteiger partial charge in [-0.1, -0.05) is 19.1 Å². The van der Waals surface area contributed by atoms with Crippen LogP contribution in [-0.2, 0) is 11.3 Å². The molecule has 0 spiro atoms. The van der Waals surface area contributed by atoms with E-state index in [1.165, 1.54) is 5.56 Å². The Kier molecular flexibility index (Phi) is 3.87. The number of anilines is 1. The maximum absolute atomic E-state index is 11.8. The fourth-order valence-electron chi connectivity index (χ4n) is 2.49. The molecule has 1 aliphatic heterocycles. The number of nitrogens with one attached hydrogen (secondary N) is 1. The average molecular weight is 247 g/mol. The number of nitrogens with two attached hydrogens (primary N) is 1. The topological polar surface area (TPSA) is 58.4 Å². The summed E-state index contributed by atoms with van der Waals surface area (Å²) in [5.74, 6) is 0.144. The highest BCUT2D eigenvalue weighted by Crippen LogP contribution is 2.20. The number of piperazine rings is 1. The van der Waals surface area contributed by atoms with Gasteiger partial charge in [0, 0.05) is 25.3 Å². The highest BCUT2D eigenvalue weighted by molar-refractivity contribution is 5.82. The molecule has 1 saturated heterocycles. The number of hydrogen-bond acceptors (Lipinski definition) is 3. The number of benzene rings is 1. The van der Waals surface area contributed by atoms with E-state index in [9.17, 15) is 4.79 Å². The van der Waals surface area contributed by atoms with Gasteiger partial charge in [-0.05, 0) is 30.5 Å². The van der Waals surface area contributed by atoms with Gasteiger partial charge in [-0.15, -0.1) is 0 Å². The van der Waals surface area contributed by atoms with E-state index in [0.717, 1.165) is 37.3 Å². The van der Waals surface area contributed by atoms with E-state index < -0.39 is 0 Å². The molecular weight excluding hydrogens is 226 g/mol. The molecule has 1 heterocycles. The third-order valence-corrected chi connectivity index (χ3v) is 3.69. The van der Waals surface area contributed by atoms with Crippen LogP contribution in [0.4, 0.5) is 5.69 Å². The fourth-order valence-corrected chi connectivity index (χ4v) is 2.49. The molecule has 0 aromatic heterocycles. The summed E-state index contributed by atoms with van der Waals surface area (Å²) in [5.41, 5.74) is 9.08. The van der Waals surface area contributed by atoms with Gasteiger partial charge in [0.25, 0.3) is 0 Å². The van der Waals surface area contributed by atoms with Crippen LogP contribution in [0.2, 0.25) is 0 Å². The molecule has 3 N–H and O–H groups in total. The number of nitrogen functional groups attached to an aromatic ring is 1. The zero-order valence-corrected chi connectivity index (χ0v) is 11.1. The van der Waals surface area contributed by atoms with E-state index in [-0.39, 0.29) is 11.9 Å². The van der Waals surface area contributed by atoms with E-state index in [1.807, 2.05) is 19.1 Å². The first-order valence-electron chi connectivity index (χ1n) is 6.49. The molecular formula is C14H21N3O. The number of rotatable bonds is 3. The number of carbonyl (C=O) groups excluding carboxylic acids is 1. The lowest BCUT2D eigenvalue weighted by Gasteiger charge is -2.34. The summed E-state index contributed by atoms with van der Waals surface area (Å²) in [5, 5.41) is 2.92. The van der Waals surface area contributed by atoms with E-state index in [2.05, 4.69) is 23.2 Å². The molecule has 0 saturated carbocycles. The van der Waals surface area contributed by atoms with E-state index in [0.29, 0.717) is 0 Å². The molecule has 4 heteroatoms. The normalized spacial score (nSPS) is 20.8. The maximum atomic E-state index is 11.8. The standard InChI is InChI=1S/C14H21N3O/c1-3-13-14(18)16-7-8-17(13)9-11-5-4-6-12(15)10(11)2/h4-6,13H,3,7-9,15H2,1-2H3,(H,16,18). The molecule has 98 valence electrons. The fraction of sp³-hybridized carbons (Fsp3) is 0.500. The number of amides is 1. The minimum atomic E-state index is -0.0143. The monoisotopic (exact) mass is 247 g/mol. The van der Waals surface area contributed by atoms with E-state index in [4.69, 9.17) is 5.73 Å². The summed E-state index contributed by atoms with van der Waals surface area (Å²) in [7, 11) is 0. The second kappa shape index (κ2) is 5.40. The maximum Gasteiger partial charge on any atom is 0.237 e. The molecule has 0 aliphatic carbocycles. The molecule has 1 aliphatic rings. The molecule has 1 unspecified atom stereocenters. The predicted octanol–water partition coefficient (Wildman–Crippen LogP) is 1.29. The van der Waals surface area contributed by atoms with Crippen LogP contribution < -0.4 is 11.1 Å². The summed E-state index contributed by atoms with van der Waals surface area (Å²) >= 11 is 0. The Morgan fingerprint density at radius 1 is 1.50 bits per heavy atom. The van der Waals surface area contributed by atoms with Crippen LogP contribution in [-0.4, -0.2) is 29.9 Å². The van der Waals surface area contributed by atoms with Crippen molar-refractivity contribution in [1.82, 2.24) is 10.2 Å². The number of carbonyl (C=O) groups is 1. The van der Waals surface area contributed by atoms with Crippen LogP contribution in [0.25, 0.3) is 0 Å². The molecule has 1 aromatic carbocycles. The Morgan fingerprint density at radius 3 is 3.00 bits per heavy atom. The van der Waals surface area contributed by atoms with Crippen molar-refractivity contribution in [1.29, 1.82) is 0 Å². The van der Waals surface area contributed by atoms with Gasteiger partial charge >= 0.3 is 0 Å². The van der Waals surface area contributed by atoms with Gasteiger partial charge in [-0.3, -0.25) is 9.69 Å². The van der Waals surface area contributed by atoms with E-state index in [1.54, 1.807) is 0 Å². The summed E-state index contributed by atoms with van der Waals surface area (Å²) in [6, 6.07) is 5.96. The van der Waals surface area contributed by atoms with Gasteiger partial charge in [0.05, 0.1) is 6.04 Å². The van der Waals surface area contributed by atoms with Gasteiger partial charge < -0.3 is 11.1 Å². The Hall–Kier alpha value is -1.55. The lowest BCUT2D eigenvalue weighted by molar-refractivity contribution is -0.129. The lowest BCUT2D eigenvalue weighted by atomic mass is 10.0. The Morgan fingerprint density at radius 2 is 2.28 bits per heavy atom. The van der Waals surface area contributed by atoms with Gasteiger partial charge in [0.2, 0.25) is 5.91 Å². The minimum absolute atomic E-state index is 0.0143. The van der Waals surface area contributed by atoms with Crippen LogP contribution in [0.3, 0.4) is 0 Å². The molecule has 1 amide bonds. The van der Waals surface area contributed by atoms with Crippen LogP contribution in [0.5, 0.6) is 0 Å². The second-order valence-electron chi connectivity index (χ2n) is 4.82. The predicted molar refractivity (Wildman–Crippen MR) is 73.1 cm³/mol. The minimum Gasteiger partial charge on any atom is -0.399 e. The first kappa shape index (κ1) is 12.9. The molecule has 18 heavy (non-hydrogen) atoms. The van der Waals surface area contributed by atoms with Crippen LogP contribution in [0.1, 0.15) is 24.5 Å². The van der Waals surface area contributed by atoms with Gasteiger partial charge in [0.1, 0.15) is 0 Å². The first-order chi connectivity index (χ1) is 8.63. The highest BCUT2D eigenvalue weighted by atomic mass is 16.2. The number of nitrogens with zero attached hydrogens (tertiary/aromatic N) is 1. The smallest absolute Gasteiger partial charge is 0.237 e. The first-order valence-corrected chi connectivity index (χ1v) is 6.49. The zero-order valence-electron chi connectivity index (χ0n) is 11.1. The van der Waals surface area contributed by atoms with Gasteiger partial charge in [0.15, 0.2) is 0 Å². The third kappa shape index (κ3) is 2.48. The highest BCUT2D eigenvalue weighted by Gasteiger charge is 2.28. The van der Waals surface area contributed by atoms with Crippen molar-refractivity contribution >= 4 is 11.6 Å². The van der Waals surface area contributed by atoms with Crippen molar-refractivity contribution in [2.45, 2.75) is 32.9 Å². The van der Waals surface area contributed by atoms with Crippen LogP contribution >= 0.6 is 0 Å². The van der Waals surface area contributed by atoms with Gasteiger partial charge in [-0.25, -0.2) is 0 Å². The largest absolute Gasteiger partial charge is 0.399 e. The molecule has 1 aromatic rings. The van der Waals surface area contributed by atoms with Crippen molar-refractivity contribution in [2.24, 2.45) is 0 Å². The van der Waals surface area contributed by atoms with Crippen molar-refractivity contribution in [3.05, 3.63) is 29.3 Å². The Labute approximate surface area is 108 Å². The third-order valence-electron chi connectivity index (χ3n) is 3.69. The van der Waals surface area contributed by atoms with Gasteiger partial charge in [-0.2, -0.15) is 0 Å². The SMILES string of the molecule is CCC1C(=O)NCCN1Cc1cccc(N)c1C. The molecule has 4 nitrogen and oxygen atoms in total. The van der Waals surface area contributed by atoms with Crippen LogP contribution in [0, 0.1) is 6.92 Å². The molecule has 2 rings (SSSR count). The lowest BCUT2D eigenvalue weighted by Crippen LogP contribution is -2.54. The quantitative estimate of drug-likeness (QED) is 0.791. The van der Waals surface area contributed by atoms with Crippen molar-refractivity contribution in [2.75, 3.05) is 18.8 Å². The molecule has 0 radical (unpaired) electrons. The summed E-state index contributed by atoms with van der Waals surface area (Å²) in [6.45, 7) is 6.52.